The SMILES string of the molecule is CCCCNC(=O)C(c1cccc(C)c1)N(C(=O)C(CCSC)NC(=O)OC(C)(C)C)C(C)CC. The Morgan fingerprint density at radius 3 is 2.40 bits per heavy atom. The van der Waals surface area contributed by atoms with Crippen molar-refractivity contribution in [3.8, 4) is 0 Å². The Morgan fingerprint density at radius 2 is 1.86 bits per heavy atom. The normalized spacial score (nSPS) is 13.9. The summed E-state index contributed by atoms with van der Waals surface area (Å²) in [4.78, 5) is 41.8. The van der Waals surface area contributed by atoms with E-state index in [1.807, 2.05) is 51.3 Å². The van der Waals surface area contributed by atoms with E-state index in [9.17, 15) is 14.4 Å². The van der Waals surface area contributed by atoms with E-state index in [1.54, 1.807) is 37.4 Å². The summed E-state index contributed by atoms with van der Waals surface area (Å²) >= 11 is 1.60. The molecule has 0 bridgehead atoms. The summed E-state index contributed by atoms with van der Waals surface area (Å²) in [6.07, 6.45) is 4.24. The molecule has 0 aliphatic rings. The number of ether oxygens (including phenoxy) is 1. The molecule has 8 heteroatoms. The van der Waals surface area contributed by atoms with Gasteiger partial charge in [-0.1, -0.05) is 50.1 Å². The number of benzene rings is 1. The van der Waals surface area contributed by atoms with E-state index in [4.69, 9.17) is 4.74 Å². The van der Waals surface area contributed by atoms with E-state index < -0.39 is 23.8 Å². The zero-order valence-electron chi connectivity index (χ0n) is 22.8. The van der Waals surface area contributed by atoms with E-state index in [1.165, 1.54) is 0 Å². The molecule has 0 saturated heterocycles. The highest BCUT2D eigenvalue weighted by Crippen LogP contribution is 2.27. The molecule has 7 nitrogen and oxygen atoms in total. The number of carbonyl (C=O) groups excluding carboxylic acids is 3. The fourth-order valence-corrected chi connectivity index (χ4v) is 4.15. The highest BCUT2D eigenvalue weighted by atomic mass is 32.2. The molecule has 3 amide bonds. The van der Waals surface area contributed by atoms with Crippen LogP contribution < -0.4 is 10.6 Å². The number of rotatable bonds is 13. The first-order chi connectivity index (χ1) is 16.4. The quantitative estimate of drug-likeness (QED) is 0.357. The van der Waals surface area contributed by atoms with Crippen LogP contribution in [-0.4, -0.2) is 59.0 Å². The second-order valence-electron chi connectivity index (χ2n) is 9.94. The molecule has 1 aromatic rings. The van der Waals surface area contributed by atoms with Gasteiger partial charge in [0.2, 0.25) is 11.8 Å². The van der Waals surface area contributed by atoms with Crippen LogP contribution >= 0.6 is 11.8 Å². The minimum absolute atomic E-state index is 0.210. The van der Waals surface area contributed by atoms with Gasteiger partial charge in [0.05, 0.1) is 0 Å². The lowest BCUT2D eigenvalue weighted by Crippen LogP contribution is -2.55. The maximum Gasteiger partial charge on any atom is 0.408 e. The van der Waals surface area contributed by atoms with Crippen molar-refractivity contribution in [1.82, 2.24) is 15.5 Å². The number of unbranched alkanes of at least 4 members (excludes halogenated alkanes) is 1. The molecule has 0 aromatic heterocycles. The topological polar surface area (TPSA) is 87.7 Å². The molecule has 0 aliphatic carbocycles. The van der Waals surface area contributed by atoms with Crippen LogP contribution in [0.1, 0.15) is 84.4 Å². The number of hydrogen-bond acceptors (Lipinski definition) is 5. The highest BCUT2D eigenvalue weighted by molar-refractivity contribution is 7.98. The lowest BCUT2D eigenvalue weighted by molar-refractivity contribution is -0.145. The van der Waals surface area contributed by atoms with Gasteiger partial charge in [0, 0.05) is 12.6 Å². The van der Waals surface area contributed by atoms with Crippen molar-refractivity contribution in [1.29, 1.82) is 0 Å². The first kappa shape index (κ1) is 30.8. The number of aryl methyl sites for hydroxylation is 1. The van der Waals surface area contributed by atoms with E-state index in [0.717, 1.165) is 24.0 Å². The molecular weight excluding hydrogens is 462 g/mol. The number of hydrogen-bond donors (Lipinski definition) is 2. The lowest BCUT2D eigenvalue weighted by Gasteiger charge is -2.38. The average Bonchev–Trinajstić information content (AvgIpc) is 2.78. The van der Waals surface area contributed by atoms with Gasteiger partial charge >= 0.3 is 6.09 Å². The van der Waals surface area contributed by atoms with Gasteiger partial charge in [-0.3, -0.25) is 9.59 Å². The summed E-state index contributed by atoms with van der Waals surface area (Å²) in [5.74, 6) is 0.188. The number of amides is 3. The first-order valence-electron chi connectivity index (χ1n) is 12.6. The molecule has 1 rings (SSSR count). The van der Waals surface area contributed by atoms with Crippen LogP contribution in [0, 0.1) is 6.92 Å². The van der Waals surface area contributed by atoms with Crippen molar-refractivity contribution in [3.63, 3.8) is 0 Å². The summed E-state index contributed by atoms with van der Waals surface area (Å²) < 4.78 is 5.43. The summed E-state index contributed by atoms with van der Waals surface area (Å²) in [5, 5.41) is 5.80. The average molecular weight is 508 g/mol. The van der Waals surface area contributed by atoms with Gasteiger partial charge in [0.25, 0.3) is 0 Å². The van der Waals surface area contributed by atoms with E-state index in [-0.39, 0.29) is 17.9 Å². The van der Waals surface area contributed by atoms with Crippen molar-refractivity contribution in [2.75, 3.05) is 18.6 Å². The second kappa shape index (κ2) is 15.0. The third-order valence-corrected chi connectivity index (χ3v) is 6.28. The lowest BCUT2D eigenvalue weighted by atomic mass is 9.98. The molecule has 0 aliphatic heterocycles. The minimum atomic E-state index is -0.804. The monoisotopic (exact) mass is 507 g/mol. The number of nitrogens with zero attached hydrogens (tertiary/aromatic N) is 1. The Kier molecular flexibility index (Phi) is 13.2. The predicted octanol–water partition coefficient (Wildman–Crippen LogP) is 5.23. The Labute approximate surface area is 216 Å². The van der Waals surface area contributed by atoms with E-state index in [0.29, 0.717) is 25.1 Å². The molecule has 3 unspecified atom stereocenters. The third kappa shape index (κ3) is 10.5. The molecular formula is C27H45N3O4S. The van der Waals surface area contributed by atoms with Crippen LogP contribution in [0.25, 0.3) is 0 Å². The number of alkyl carbamates (subject to hydrolysis) is 1. The van der Waals surface area contributed by atoms with Crippen LogP contribution in [0.4, 0.5) is 4.79 Å². The molecule has 3 atom stereocenters. The predicted molar refractivity (Wildman–Crippen MR) is 145 cm³/mol. The Bertz CT molecular complexity index is 825. The molecule has 0 saturated carbocycles. The van der Waals surface area contributed by atoms with Crippen molar-refractivity contribution in [2.45, 2.75) is 97.9 Å². The van der Waals surface area contributed by atoms with Crippen LogP contribution in [0.15, 0.2) is 24.3 Å². The third-order valence-electron chi connectivity index (χ3n) is 5.63. The molecule has 0 radical (unpaired) electrons. The molecule has 198 valence electrons. The van der Waals surface area contributed by atoms with Gasteiger partial charge in [-0.15, -0.1) is 0 Å². The van der Waals surface area contributed by atoms with Crippen LogP contribution in [-0.2, 0) is 14.3 Å². The van der Waals surface area contributed by atoms with Crippen LogP contribution in [0.2, 0.25) is 0 Å². The van der Waals surface area contributed by atoms with Gasteiger partial charge in [0.1, 0.15) is 17.7 Å². The van der Waals surface area contributed by atoms with Gasteiger partial charge in [-0.05, 0) is 71.5 Å². The molecule has 2 N–H and O–H groups in total. The van der Waals surface area contributed by atoms with Gasteiger partial charge in [-0.25, -0.2) is 4.79 Å². The maximum atomic E-state index is 14.1. The van der Waals surface area contributed by atoms with Crippen molar-refractivity contribution < 1.29 is 19.1 Å². The summed E-state index contributed by atoms with van der Waals surface area (Å²) in [5.41, 5.74) is 1.08. The Balaban J connectivity index is 3.44. The van der Waals surface area contributed by atoms with E-state index >= 15 is 0 Å². The number of thioether (sulfide) groups is 1. The fourth-order valence-electron chi connectivity index (χ4n) is 3.68. The van der Waals surface area contributed by atoms with Crippen molar-refractivity contribution in [2.24, 2.45) is 0 Å². The maximum absolute atomic E-state index is 14.1. The van der Waals surface area contributed by atoms with Crippen LogP contribution in [0.5, 0.6) is 0 Å². The second-order valence-corrected chi connectivity index (χ2v) is 10.9. The largest absolute Gasteiger partial charge is 0.444 e. The highest BCUT2D eigenvalue weighted by Gasteiger charge is 2.38. The molecule has 0 spiro atoms. The summed E-state index contributed by atoms with van der Waals surface area (Å²) in [6, 6.07) is 5.88. The minimum Gasteiger partial charge on any atom is -0.444 e. The molecule has 0 fully saturated rings. The zero-order valence-corrected chi connectivity index (χ0v) is 23.6. The molecule has 35 heavy (non-hydrogen) atoms. The number of carbonyl (C=O) groups is 3. The Morgan fingerprint density at radius 1 is 1.17 bits per heavy atom. The van der Waals surface area contributed by atoms with Crippen LogP contribution in [0.3, 0.4) is 0 Å². The number of nitrogens with one attached hydrogen (secondary N) is 2. The van der Waals surface area contributed by atoms with Gasteiger partial charge < -0.3 is 20.3 Å². The van der Waals surface area contributed by atoms with Crippen molar-refractivity contribution >= 4 is 29.7 Å². The summed E-state index contributed by atoms with van der Waals surface area (Å²) in [7, 11) is 0. The van der Waals surface area contributed by atoms with E-state index in [2.05, 4.69) is 17.6 Å². The smallest absolute Gasteiger partial charge is 0.408 e. The first-order valence-corrected chi connectivity index (χ1v) is 14.0. The van der Waals surface area contributed by atoms with Crippen molar-refractivity contribution in [3.05, 3.63) is 35.4 Å². The fraction of sp³-hybridized carbons (Fsp3) is 0.667. The van der Waals surface area contributed by atoms with Gasteiger partial charge in [-0.2, -0.15) is 11.8 Å². The standard InChI is InChI=1S/C27H45N3O4S/c1-9-11-16-28-24(31)23(21-14-12-13-19(3)18-21)30(20(4)10-2)25(32)22(15-17-35-8)29-26(33)34-27(5,6)7/h12-14,18,20,22-23H,9-11,15-17H2,1-8H3,(H,28,31)(H,29,33). The zero-order chi connectivity index (χ0) is 26.6. The summed E-state index contributed by atoms with van der Waals surface area (Å²) in [6.45, 7) is 13.9. The molecule has 1 aromatic carbocycles. The Hall–Kier alpha value is -2.22. The van der Waals surface area contributed by atoms with Gasteiger partial charge in [0.15, 0.2) is 0 Å². The molecule has 0 heterocycles.